The molecule has 0 unspecified atom stereocenters. The maximum atomic E-state index is 14.8. The molecule has 2 atom stereocenters. The molecule has 1 aromatic carbocycles. The molecular formula is C23H32FN7O. The molecule has 0 saturated carbocycles. The molecule has 1 amide bonds. The van der Waals surface area contributed by atoms with Crippen LogP contribution in [0.15, 0.2) is 30.5 Å². The molecule has 0 fully saturated rings. The van der Waals surface area contributed by atoms with E-state index in [1.54, 1.807) is 6.20 Å². The topological polar surface area (TPSA) is 124 Å². The Morgan fingerprint density at radius 2 is 1.97 bits per heavy atom. The number of carbonyl (C=O) groups excluding carboxylic acids is 1. The zero-order valence-corrected chi connectivity index (χ0v) is 18.9. The van der Waals surface area contributed by atoms with E-state index in [9.17, 15) is 9.18 Å². The zero-order valence-electron chi connectivity index (χ0n) is 18.9. The minimum atomic E-state index is -0.766. The highest BCUT2D eigenvalue weighted by Gasteiger charge is 2.21. The van der Waals surface area contributed by atoms with Crippen LogP contribution in [0.4, 0.5) is 21.7 Å². The van der Waals surface area contributed by atoms with Gasteiger partial charge in [0.15, 0.2) is 11.6 Å². The van der Waals surface area contributed by atoms with Gasteiger partial charge in [-0.15, -0.1) is 0 Å². The van der Waals surface area contributed by atoms with Gasteiger partial charge in [0, 0.05) is 29.7 Å². The van der Waals surface area contributed by atoms with Gasteiger partial charge in [0.05, 0.1) is 17.3 Å². The lowest BCUT2D eigenvalue weighted by atomic mass is 10.0. The lowest BCUT2D eigenvalue weighted by Gasteiger charge is -2.25. The molecule has 0 aliphatic rings. The number of aryl methyl sites for hydroxylation is 1. The molecule has 172 valence electrons. The summed E-state index contributed by atoms with van der Waals surface area (Å²) in [4.78, 5) is 16.3. The molecule has 3 aromatic rings. The molecule has 32 heavy (non-hydrogen) atoms. The third kappa shape index (κ3) is 5.16. The predicted octanol–water partition coefficient (Wildman–Crippen LogP) is 4.14. The molecular weight excluding hydrogens is 409 g/mol. The van der Waals surface area contributed by atoms with Crippen LogP contribution < -0.4 is 22.1 Å². The highest BCUT2D eigenvalue weighted by atomic mass is 19.1. The number of anilines is 3. The number of hydrogen-bond donors (Lipinski definition) is 4. The number of nitrogens with two attached hydrogens (primary N) is 2. The number of hydrogen-bond acceptors (Lipinski definition) is 6. The average Bonchev–Trinajstić information content (AvgIpc) is 3.17. The van der Waals surface area contributed by atoms with E-state index in [2.05, 4.69) is 27.6 Å². The summed E-state index contributed by atoms with van der Waals surface area (Å²) in [5, 5.41) is 11.6. The molecule has 2 heterocycles. The number of fused-ring (bicyclic) bond motifs is 1. The second kappa shape index (κ2) is 10.4. The van der Waals surface area contributed by atoms with Crippen LogP contribution in [0.25, 0.3) is 10.9 Å². The fourth-order valence-corrected chi connectivity index (χ4v) is 3.73. The Bertz CT molecular complexity index is 1080. The van der Waals surface area contributed by atoms with Crippen molar-refractivity contribution in [1.29, 1.82) is 0 Å². The summed E-state index contributed by atoms with van der Waals surface area (Å²) in [7, 11) is 0. The van der Waals surface area contributed by atoms with Gasteiger partial charge in [-0.2, -0.15) is 5.10 Å². The van der Waals surface area contributed by atoms with Crippen molar-refractivity contribution in [3.63, 3.8) is 0 Å². The largest absolute Gasteiger partial charge is 0.365 e. The van der Waals surface area contributed by atoms with Gasteiger partial charge in [0.1, 0.15) is 5.82 Å². The third-order valence-electron chi connectivity index (χ3n) is 5.49. The number of rotatable bonds is 11. The molecule has 0 aliphatic heterocycles. The van der Waals surface area contributed by atoms with Crippen LogP contribution in [0.5, 0.6) is 0 Å². The summed E-state index contributed by atoms with van der Waals surface area (Å²) in [5.41, 5.74) is 13.4. The standard InChI is InChI=1S/C23H32FN7O/c1-4-7-19(18(25)6-3)29-23-17(24)12-16(21(26)32)22(30-23)28-15-8-9-20-14(11-15)13-27-31(20)10-5-2/h8-9,11-13,18-19H,4-7,10,25H2,1-3H3,(H2,26,32)(H2,28,29,30)/t18-,19+/m0/s1. The maximum absolute atomic E-state index is 14.8. The number of benzene rings is 1. The van der Waals surface area contributed by atoms with E-state index >= 15 is 0 Å². The van der Waals surface area contributed by atoms with Crippen molar-refractivity contribution in [3.8, 4) is 0 Å². The van der Waals surface area contributed by atoms with E-state index in [1.807, 2.05) is 36.7 Å². The van der Waals surface area contributed by atoms with E-state index in [4.69, 9.17) is 11.5 Å². The van der Waals surface area contributed by atoms with Crippen LogP contribution in [-0.4, -0.2) is 32.8 Å². The first kappa shape index (κ1) is 23.5. The van der Waals surface area contributed by atoms with Gasteiger partial charge in [-0.25, -0.2) is 9.37 Å². The van der Waals surface area contributed by atoms with Crippen LogP contribution in [-0.2, 0) is 6.54 Å². The quantitative estimate of drug-likeness (QED) is 0.354. The smallest absolute Gasteiger partial charge is 0.252 e. The predicted molar refractivity (Wildman–Crippen MR) is 127 cm³/mol. The number of carbonyl (C=O) groups is 1. The van der Waals surface area contributed by atoms with Crippen molar-refractivity contribution in [3.05, 3.63) is 41.8 Å². The van der Waals surface area contributed by atoms with Crippen LogP contribution in [0, 0.1) is 5.82 Å². The van der Waals surface area contributed by atoms with Crippen molar-refractivity contribution < 1.29 is 9.18 Å². The fourth-order valence-electron chi connectivity index (χ4n) is 3.73. The van der Waals surface area contributed by atoms with E-state index in [1.165, 1.54) is 0 Å². The molecule has 8 nitrogen and oxygen atoms in total. The minimum absolute atomic E-state index is 0.0262. The van der Waals surface area contributed by atoms with E-state index in [0.29, 0.717) is 5.69 Å². The number of aromatic nitrogens is 3. The highest BCUT2D eigenvalue weighted by molar-refractivity contribution is 5.99. The molecule has 0 saturated heterocycles. The van der Waals surface area contributed by atoms with Crippen LogP contribution >= 0.6 is 0 Å². The van der Waals surface area contributed by atoms with Gasteiger partial charge in [-0.05, 0) is 43.5 Å². The number of primary amides is 1. The summed E-state index contributed by atoms with van der Waals surface area (Å²) < 4.78 is 16.7. The van der Waals surface area contributed by atoms with Gasteiger partial charge >= 0.3 is 0 Å². The Kier molecular flexibility index (Phi) is 7.63. The highest BCUT2D eigenvalue weighted by Crippen LogP contribution is 2.27. The number of amides is 1. The van der Waals surface area contributed by atoms with Gasteiger partial charge < -0.3 is 22.1 Å². The van der Waals surface area contributed by atoms with Crippen molar-refractivity contribution in [2.45, 2.75) is 65.1 Å². The third-order valence-corrected chi connectivity index (χ3v) is 5.49. The van der Waals surface area contributed by atoms with Crippen LogP contribution in [0.2, 0.25) is 0 Å². The molecule has 9 heteroatoms. The van der Waals surface area contributed by atoms with Gasteiger partial charge in [0.25, 0.3) is 5.91 Å². The first-order valence-corrected chi connectivity index (χ1v) is 11.1. The Morgan fingerprint density at radius 3 is 2.62 bits per heavy atom. The number of halogens is 1. The first-order valence-electron chi connectivity index (χ1n) is 11.1. The van der Waals surface area contributed by atoms with E-state index < -0.39 is 11.7 Å². The monoisotopic (exact) mass is 441 g/mol. The molecule has 3 rings (SSSR count). The van der Waals surface area contributed by atoms with Crippen LogP contribution in [0.1, 0.15) is 56.8 Å². The van der Waals surface area contributed by atoms with E-state index in [-0.39, 0.29) is 29.3 Å². The number of pyridine rings is 1. The minimum Gasteiger partial charge on any atom is -0.365 e. The second-order valence-electron chi connectivity index (χ2n) is 7.96. The van der Waals surface area contributed by atoms with Gasteiger partial charge in [0.2, 0.25) is 0 Å². The lowest BCUT2D eigenvalue weighted by molar-refractivity contribution is 0.100. The number of nitrogens with one attached hydrogen (secondary N) is 2. The second-order valence-corrected chi connectivity index (χ2v) is 7.96. The summed E-state index contributed by atoms with van der Waals surface area (Å²) in [6.07, 6.45) is 5.18. The molecule has 0 bridgehead atoms. The van der Waals surface area contributed by atoms with Crippen molar-refractivity contribution in [2.75, 3.05) is 10.6 Å². The van der Waals surface area contributed by atoms with Gasteiger partial charge in [-0.1, -0.05) is 27.2 Å². The molecule has 0 spiro atoms. The SMILES string of the molecule is CCC[C@@H](Nc1nc(Nc2ccc3c(cnn3CCC)c2)c(C(N)=O)cc1F)[C@@H](N)CC. The lowest BCUT2D eigenvalue weighted by Crippen LogP contribution is -2.40. The Labute approximate surface area is 187 Å². The summed E-state index contributed by atoms with van der Waals surface area (Å²) in [5.74, 6) is -1.19. The Hall–Kier alpha value is -3.20. The molecule has 0 radical (unpaired) electrons. The molecule has 0 aliphatic carbocycles. The van der Waals surface area contributed by atoms with Crippen LogP contribution in [0.3, 0.4) is 0 Å². The Morgan fingerprint density at radius 1 is 1.19 bits per heavy atom. The average molecular weight is 442 g/mol. The zero-order chi connectivity index (χ0) is 23.3. The van der Waals surface area contributed by atoms with Gasteiger partial charge in [-0.3, -0.25) is 9.48 Å². The molecule has 6 N–H and O–H groups in total. The summed E-state index contributed by atoms with van der Waals surface area (Å²) in [6.45, 7) is 6.96. The molecule has 2 aromatic heterocycles. The summed E-state index contributed by atoms with van der Waals surface area (Å²) in [6, 6.07) is 6.55. The van der Waals surface area contributed by atoms with Crippen molar-refractivity contribution >= 4 is 34.1 Å². The van der Waals surface area contributed by atoms with Crippen molar-refractivity contribution in [1.82, 2.24) is 14.8 Å². The Balaban J connectivity index is 1.94. The van der Waals surface area contributed by atoms with Crippen molar-refractivity contribution in [2.24, 2.45) is 11.5 Å². The van der Waals surface area contributed by atoms with E-state index in [0.717, 1.165) is 49.2 Å². The summed E-state index contributed by atoms with van der Waals surface area (Å²) >= 11 is 0. The number of nitrogens with zero attached hydrogens (tertiary/aromatic N) is 3. The fraction of sp³-hybridized carbons (Fsp3) is 0.435. The normalized spacial score (nSPS) is 13.2. The first-order chi connectivity index (χ1) is 15.4. The maximum Gasteiger partial charge on any atom is 0.252 e.